The fraction of sp³-hybridized carbons (Fsp3) is 0.632. The van der Waals surface area contributed by atoms with Gasteiger partial charge in [-0.1, -0.05) is 12.1 Å². The highest BCUT2D eigenvalue weighted by molar-refractivity contribution is 5.69. The van der Waals surface area contributed by atoms with Gasteiger partial charge >= 0.3 is 18.3 Å². The average Bonchev–Trinajstić information content (AvgIpc) is 2.61. The van der Waals surface area contributed by atoms with E-state index < -0.39 is 24.3 Å². The molecule has 0 spiro atoms. The lowest BCUT2D eigenvalue weighted by molar-refractivity contribution is -0.143. The molecule has 0 saturated carbocycles. The van der Waals surface area contributed by atoms with E-state index in [2.05, 4.69) is 4.74 Å². The molecular formula is C19H23F6NO2. The van der Waals surface area contributed by atoms with Crippen molar-refractivity contribution in [3.8, 4) is 0 Å². The molecule has 0 bridgehead atoms. The van der Waals surface area contributed by atoms with Crippen LogP contribution in [0.1, 0.15) is 49.3 Å². The van der Waals surface area contributed by atoms with Crippen LogP contribution in [0.25, 0.3) is 0 Å². The van der Waals surface area contributed by atoms with Gasteiger partial charge in [-0.2, -0.15) is 26.3 Å². The zero-order valence-electron chi connectivity index (χ0n) is 15.4. The van der Waals surface area contributed by atoms with Crippen LogP contribution in [-0.4, -0.2) is 37.2 Å². The van der Waals surface area contributed by atoms with E-state index in [4.69, 9.17) is 0 Å². The van der Waals surface area contributed by atoms with Crippen LogP contribution in [-0.2, 0) is 15.7 Å². The van der Waals surface area contributed by atoms with Crippen LogP contribution < -0.4 is 0 Å². The van der Waals surface area contributed by atoms with E-state index in [9.17, 15) is 31.1 Å². The highest BCUT2D eigenvalue weighted by Crippen LogP contribution is 2.38. The zero-order valence-corrected chi connectivity index (χ0v) is 15.4. The lowest BCUT2D eigenvalue weighted by atomic mass is 9.85. The minimum Gasteiger partial charge on any atom is -0.469 e. The standard InChI is InChI=1S/C19H23F6NO2/c1-28-17(27)12-13-7-10-26(9-2-8-18(20,21)22)16(11-13)14-3-5-15(6-4-14)19(23,24)25/h3-6,13,16H,2,7-12H2,1H3/t13?,16-/m0/s1. The molecule has 0 N–H and O–H groups in total. The van der Waals surface area contributed by atoms with Gasteiger partial charge in [0.15, 0.2) is 0 Å². The van der Waals surface area contributed by atoms with Crippen molar-refractivity contribution in [2.75, 3.05) is 20.2 Å². The first kappa shape index (κ1) is 22.5. The van der Waals surface area contributed by atoms with E-state index >= 15 is 0 Å². The Bertz CT molecular complexity index is 641. The number of rotatable bonds is 6. The van der Waals surface area contributed by atoms with Crippen LogP contribution in [0, 0.1) is 5.92 Å². The second-order valence-electron chi connectivity index (χ2n) is 7.06. The third-order valence-electron chi connectivity index (χ3n) is 5.03. The number of alkyl halides is 6. The third kappa shape index (κ3) is 6.68. The quantitative estimate of drug-likeness (QED) is 0.466. The van der Waals surface area contributed by atoms with Gasteiger partial charge in [-0.05, 0) is 56.0 Å². The molecule has 9 heteroatoms. The number of hydrogen-bond acceptors (Lipinski definition) is 3. The first-order valence-corrected chi connectivity index (χ1v) is 9.04. The van der Waals surface area contributed by atoms with Gasteiger partial charge in [-0.3, -0.25) is 9.69 Å². The van der Waals surface area contributed by atoms with E-state index in [0.717, 1.165) is 12.1 Å². The van der Waals surface area contributed by atoms with E-state index in [1.54, 1.807) is 0 Å². The summed E-state index contributed by atoms with van der Waals surface area (Å²) in [5.74, 6) is -0.403. The molecule has 0 aliphatic carbocycles. The number of benzene rings is 1. The summed E-state index contributed by atoms with van der Waals surface area (Å²) in [7, 11) is 1.28. The van der Waals surface area contributed by atoms with Crippen LogP contribution in [0.3, 0.4) is 0 Å². The molecule has 1 saturated heterocycles. The number of methoxy groups -OCH3 is 1. The SMILES string of the molecule is COC(=O)CC1CCN(CCCC(F)(F)F)[C@H](c2ccc(C(F)(F)F)cc2)C1. The minimum atomic E-state index is -4.45. The molecule has 0 radical (unpaired) electrons. The molecule has 3 nitrogen and oxygen atoms in total. The van der Waals surface area contributed by atoms with Gasteiger partial charge in [0.2, 0.25) is 0 Å². The number of piperidine rings is 1. The molecule has 2 rings (SSSR count). The van der Waals surface area contributed by atoms with Crippen molar-refractivity contribution in [1.29, 1.82) is 0 Å². The van der Waals surface area contributed by atoms with Gasteiger partial charge < -0.3 is 4.74 Å². The maximum absolute atomic E-state index is 12.8. The Hall–Kier alpha value is -1.77. The average molecular weight is 411 g/mol. The number of esters is 1. The summed E-state index contributed by atoms with van der Waals surface area (Å²) in [6.45, 7) is 0.668. The summed E-state index contributed by atoms with van der Waals surface area (Å²) in [6, 6.07) is 4.36. The van der Waals surface area contributed by atoms with Gasteiger partial charge in [0.1, 0.15) is 0 Å². The molecule has 28 heavy (non-hydrogen) atoms. The summed E-state index contributed by atoms with van der Waals surface area (Å²) < 4.78 is 80.4. The lowest BCUT2D eigenvalue weighted by Crippen LogP contribution is -2.38. The molecule has 1 aromatic rings. The maximum atomic E-state index is 12.8. The van der Waals surface area contributed by atoms with Crippen LogP contribution in [0.4, 0.5) is 26.3 Å². The predicted molar refractivity (Wildman–Crippen MR) is 90.4 cm³/mol. The Morgan fingerprint density at radius 2 is 1.79 bits per heavy atom. The Morgan fingerprint density at radius 3 is 2.32 bits per heavy atom. The predicted octanol–water partition coefficient (Wildman–Crippen LogP) is 5.36. The molecular weight excluding hydrogens is 388 g/mol. The van der Waals surface area contributed by atoms with Crippen LogP contribution >= 0.6 is 0 Å². The number of nitrogens with zero attached hydrogens (tertiary/aromatic N) is 1. The van der Waals surface area contributed by atoms with Crippen LogP contribution in [0.2, 0.25) is 0 Å². The molecule has 0 aromatic heterocycles. The molecule has 1 unspecified atom stereocenters. The van der Waals surface area contributed by atoms with E-state index in [0.29, 0.717) is 24.9 Å². The topological polar surface area (TPSA) is 29.5 Å². The van der Waals surface area contributed by atoms with Crippen molar-refractivity contribution >= 4 is 5.97 Å². The van der Waals surface area contributed by atoms with Gasteiger partial charge in [0.05, 0.1) is 12.7 Å². The second kappa shape index (κ2) is 9.15. The summed E-state index contributed by atoms with van der Waals surface area (Å²) >= 11 is 0. The van der Waals surface area contributed by atoms with Crippen molar-refractivity contribution in [2.24, 2.45) is 5.92 Å². The van der Waals surface area contributed by atoms with Crippen molar-refractivity contribution in [2.45, 2.75) is 50.5 Å². The highest BCUT2D eigenvalue weighted by atomic mass is 19.4. The Balaban J connectivity index is 2.14. The summed E-state index contributed by atoms with van der Waals surface area (Å²) in [6.07, 6.45) is -8.40. The second-order valence-corrected chi connectivity index (χ2v) is 7.06. The maximum Gasteiger partial charge on any atom is 0.416 e. The lowest BCUT2D eigenvalue weighted by Gasteiger charge is -2.40. The van der Waals surface area contributed by atoms with Crippen molar-refractivity contribution in [3.63, 3.8) is 0 Å². The number of likely N-dealkylation sites (tertiary alicyclic amines) is 1. The molecule has 1 fully saturated rings. The third-order valence-corrected chi connectivity index (χ3v) is 5.03. The molecule has 1 aliphatic heterocycles. The first-order chi connectivity index (χ1) is 13.0. The monoisotopic (exact) mass is 411 g/mol. The van der Waals surface area contributed by atoms with Crippen LogP contribution in [0.15, 0.2) is 24.3 Å². The van der Waals surface area contributed by atoms with Gasteiger partial charge in [-0.15, -0.1) is 0 Å². The van der Waals surface area contributed by atoms with E-state index in [1.807, 2.05) is 4.90 Å². The molecule has 1 aliphatic rings. The fourth-order valence-electron chi connectivity index (χ4n) is 3.58. The van der Waals surface area contributed by atoms with Gasteiger partial charge in [-0.25, -0.2) is 0 Å². The smallest absolute Gasteiger partial charge is 0.416 e. The van der Waals surface area contributed by atoms with Crippen molar-refractivity contribution in [1.82, 2.24) is 4.90 Å². The minimum absolute atomic E-state index is 0.0291. The number of carbonyl (C=O) groups excluding carboxylic acids is 1. The summed E-state index contributed by atoms with van der Waals surface area (Å²) in [5.41, 5.74) is -0.170. The summed E-state index contributed by atoms with van der Waals surface area (Å²) in [5, 5.41) is 0. The van der Waals surface area contributed by atoms with Crippen LogP contribution in [0.5, 0.6) is 0 Å². The molecule has 158 valence electrons. The number of hydrogen-bond donors (Lipinski definition) is 0. The van der Waals surface area contributed by atoms with Gasteiger partial charge in [0, 0.05) is 18.9 Å². The fourth-order valence-corrected chi connectivity index (χ4v) is 3.58. The molecule has 0 amide bonds. The number of halogens is 6. The largest absolute Gasteiger partial charge is 0.469 e. The highest BCUT2D eigenvalue weighted by Gasteiger charge is 2.34. The Morgan fingerprint density at radius 1 is 1.14 bits per heavy atom. The molecule has 2 atom stereocenters. The Kier molecular flexibility index (Phi) is 7.36. The van der Waals surface area contributed by atoms with Crippen molar-refractivity contribution < 1.29 is 35.9 Å². The van der Waals surface area contributed by atoms with Crippen molar-refractivity contribution in [3.05, 3.63) is 35.4 Å². The normalized spacial score (nSPS) is 21.5. The van der Waals surface area contributed by atoms with E-state index in [1.165, 1.54) is 19.2 Å². The Labute approximate surface area is 159 Å². The molecule has 1 aromatic carbocycles. The first-order valence-electron chi connectivity index (χ1n) is 9.04. The van der Waals surface area contributed by atoms with Gasteiger partial charge in [0.25, 0.3) is 0 Å². The van der Waals surface area contributed by atoms with E-state index in [-0.39, 0.29) is 37.3 Å². The molecule has 1 heterocycles. The summed E-state index contributed by atoms with van der Waals surface area (Å²) in [4.78, 5) is 13.4. The number of carbonyl (C=O) groups is 1. The zero-order chi connectivity index (χ0) is 20.9. The number of ether oxygens (including phenoxy) is 1.